The van der Waals surface area contributed by atoms with E-state index in [1.165, 1.54) is 5.56 Å². The maximum atomic E-state index is 13.1. The number of carbonyl (C=O) groups excluding carboxylic acids is 2. The monoisotopic (exact) mass is 447 g/mol. The van der Waals surface area contributed by atoms with E-state index in [1.54, 1.807) is 30.3 Å². The largest absolute Gasteiger partial charge is 0.371 e. The molecular weight excluding hydrogens is 422 g/mol. The van der Waals surface area contributed by atoms with Crippen molar-refractivity contribution in [2.75, 3.05) is 29.9 Å². The highest BCUT2D eigenvalue weighted by molar-refractivity contribution is 6.31. The molecule has 0 aromatic heterocycles. The van der Waals surface area contributed by atoms with E-state index in [9.17, 15) is 9.59 Å². The molecule has 0 radical (unpaired) electrons. The van der Waals surface area contributed by atoms with Crippen LogP contribution in [0.15, 0.2) is 72.8 Å². The van der Waals surface area contributed by atoms with Crippen LogP contribution in [0, 0.1) is 0 Å². The second-order valence-electron chi connectivity index (χ2n) is 7.88. The van der Waals surface area contributed by atoms with Gasteiger partial charge in [0.25, 0.3) is 11.8 Å². The van der Waals surface area contributed by atoms with Crippen molar-refractivity contribution in [2.24, 2.45) is 0 Å². The van der Waals surface area contributed by atoms with E-state index < -0.39 is 0 Å². The summed E-state index contributed by atoms with van der Waals surface area (Å²) in [7, 11) is 0. The minimum absolute atomic E-state index is 0.137. The highest BCUT2D eigenvalue weighted by atomic mass is 35.5. The van der Waals surface area contributed by atoms with Crippen molar-refractivity contribution in [1.29, 1.82) is 0 Å². The van der Waals surface area contributed by atoms with E-state index >= 15 is 0 Å². The second kappa shape index (κ2) is 10.3. The standard InChI is InChI=1S/C26H26ClN3O2/c27-21-10-6-9-20(17-21)25(31)29-22-11-12-24(30-15-4-5-16-30)23(18-22)26(32)28-14-13-19-7-2-1-3-8-19/h1-3,6-12,17-18H,4-5,13-16H2,(H,28,32)(H,29,31). The van der Waals surface area contributed by atoms with Crippen LogP contribution in [-0.4, -0.2) is 31.4 Å². The lowest BCUT2D eigenvalue weighted by Crippen LogP contribution is -2.29. The minimum atomic E-state index is -0.267. The number of carbonyl (C=O) groups is 2. The Morgan fingerprint density at radius 2 is 1.66 bits per heavy atom. The Bertz CT molecular complexity index is 1100. The van der Waals surface area contributed by atoms with Crippen molar-refractivity contribution in [3.05, 3.63) is 94.5 Å². The molecule has 1 saturated heterocycles. The topological polar surface area (TPSA) is 61.4 Å². The van der Waals surface area contributed by atoms with E-state index in [0.717, 1.165) is 38.0 Å². The molecule has 2 N–H and O–H groups in total. The lowest BCUT2D eigenvalue weighted by atomic mass is 10.1. The third-order valence-corrected chi connectivity index (χ3v) is 5.81. The zero-order valence-electron chi connectivity index (χ0n) is 17.8. The van der Waals surface area contributed by atoms with Gasteiger partial charge in [-0.05, 0) is 61.2 Å². The van der Waals surface area contributed by atoms with Crippen LogP contribution in [-0.2, 0) is 6.42 Å². The Morgan fingerprint density at radius 1 is 0.875 bits per heavy atom. The van der Waals surface area contributed by atoms with Gasteiger partial charge in [0.05, 0.1) is 5.56 Å². The Kier molecular flexibility index (Phi) is 7.07. The van der Waals surface area contributed by atoms with Crippen molar-refractivity contribution < 1.29 is 9.59 Å². The summed E-state index contributed by atoms with van der Waals surface area (Å²) in [4.78, 5) is 28.0. The van der Waals surface area contributed by atoms with Gasteiger partial charge in [-0.1, -0.05) is 48.0 Å². The van der Waals surface area contributed by atoms with Gasteiger partial charge in [0.2, 0.25) is 0 Å². The first-order chi connectivity index (χ1) is 15.6. The predicted molar refractivity (Wildman–Crippen MR) is 130 cm³/mol. The van der Waals surface area contributed by atoms with Gasteiger partial charge in [-0.3, -0.25) is 9.59 Å². The van der Waals surface area contributed by atoms with Gasteiger partial charge in [-0.15, -0.1) is 0 Å². The molecule has 1 aliphatic heterocycles. The fourth-order valence-corrected chi connectivity index (χ4v) is 4.11. The van der Waals surface area contributed by atoms with Crippen molar-refractivity contribution in [3.8, 4) is 0 Å². The van der Waals surface area contributed by atoms with Crippen LogP contribution in [0.1, 0.15) is 39.1 Å². The van der Waals surface area contributed by atoms with E-state index in [-0.39, 0.29) is 11.8 Å². The minimum Gasteiger partial charge on any atom is -0.371 e. The van der Waals surface area contributed by atoms with Crippen molar-refractivity contribution in [2.45, 2.75) is 19.3 Å². The first kappa shape index (κ1) is 21.9. The smallest absolute Gasteiger partial charge is 0.255 e. The summed E-state index contributed by atoms with van der Waals surface area (Å²) >= 11 is 6.01. The van der Waals surface area contributed by atoms with Crippen LogP contribution in [0.2, 0.25) is 5.02 Å². The molecule has 1 heterocycles. The first-order valence-electron chi connectivity index (χ1n) is 10.9. The third kappa shape index (κ3) is 5.48. The van der Waals surface area contributed by atoms with E-state index in [1.807, 2.05) is 42.5 Å². The van der Waals surface area contributed by atoms with Crippen molar-refractivity contribution >= 4 is 34.8 Å². The van der Waals surface area contributed by atoms with Gasteiger partial charge in [-0.2, -0.15) is 0 Å². The molecule has 1 aliphatic rings. The third-order valence-electron chi connectivity index (χ3n) is 5.57. The summed E-state index contributed by atoms with van der Waals surface area (Å²) < 4.78 is 0. The zero-order valence-corrected chi connectivity index (χ0v) is 18.6. The summed E-state index contributed by atoms with van der Waals surface area (Å²) in [6.45, 7) is 2.40. The van der Waals surface area contributed by atoms with Crippen LogP contribution in [0.3, 0.4) is 0 Å². The molecule has 0 saturated carbocycles. The fraction of sp³-hybridized carbons (Fsp3) is 0.231. The average molecular weight is 448 g/mol. The lowest BCUT2D eigenvalue weighted by Gasteiger charge is -2.22. The first-order valence-corrected chi connectivity index (χ1v) is 11.3. The van der Waals surface area contributed by atoms with Crippen LogP contribution >= 0.6 is 11.6 Å². The molecule has 0 bridgehead atoms. The number of amides is 2. The Balaban J connectivity index is 1.51. The summed E-state index contributed by atoms with van der Waals surface area (Å²) in [5, 5.41) is 6.42. The Hall–Kier alpha value is -3.31. The molecule has 5 nitrogen and oxygen atoms in total. The van der Waals surface area contributed by atoms with Gasteiger partial charge in [0.1, 0.15) is 0 Å². The lowest BCUT2D eigenvalue weighted by molar-refractivity contribution is 0.0953. The van der Waals surface area contributed by atoms with Crippen molar-refractivity contribution in [1.82, 2.24) is 5.32 Å². The van der Waals surface area contributed by atoms with Crippen LogP contribution in [0.4, 0.5) is 11.4 Å². The number of hydrogen-bond donors (Lipinski definition) is 2. The summed E-state index contributed by atoms with van der Waals surface area (Å²) in [6.07, 6.45) is 2.99. The quantitative estimate of drug-likeness (QED) is 0.525. The molecule has 3 aromatic rings. The van der Waals surface area contributed by atoms with Crippen LogP contribution < -0.4 is 15.5 Å². The van der Waals surface area contributed by atoms with Gasteiger partial charge in [-0.25, -0.2) is 0 Å². The van der Waals surface area contributed by atoms with Gasteiger partial charge >= 0.3 is 0 Å². The molecule has 1 fully saturated rings. The molecule has 2 amide bonds. The van der Waals surface area contributed by atoms with E-state index in [0.29, 0.717) is 28.4 Å². The van der Waals surface area contributed by atoms with Crippen LogP contribution in [0.5, 0.6) is 0 Å². The van der Waals surface area contributed by atoms with E-state index in [4.69, 9.17) is 11.6 Å². The molecule has 4 rings (SSSR count). The molecule has 3 aromatic carbocycles. The molecule has 164 valence electrons. The Labute approximate surface area is 193 Å². The number of hydrogen-bond acceptors (Lipinski definition) is 3. The summed E-state index contributed by atoms with van der Waals surface area (Å²) in [6, 6.07) is 22.4. The zero-order chi connectivity index (χ0) is 22.3. The van der Waals surface area contributed by atoms with Gasteiger partial charge in [0, 0.05) is 41.6 Å². The summed E-state index contributed by atoms with van der Waals surface area (Å²) in [5.41, 5.74) is 3.69. The molecule has 0 aliphatic carbocycles. The maximum Gasteiger partial charge on any atom is 0.255 e. The maximum absolute atomic E-state index is 13.1. The molecule has 32 heavy (non-hydrogen) atoms. The molecule has 6 heteroatoms. The number of rotatable bonds is 7. The van der Waals surface area contributed by atoms with Gasteiger partial charge < -0.3 is 15.5 Å². The van der Waals surface area contributed by atoms with E-state index in [2.05, 4.69) is 15.5 Å². The Morgan fingerprint density at radius 3 is 2.41 bits per heavy atom. The summed E-state index contributed by atoms with van der Waals surface area (Å²) in [5.74, 6) is -0.404. The SMILES string of the molecule is O=C(Nc1ccc(N2CCCC2)c(C(=O)NCCc2ccccc2)c1)c1cccc(Cl)c1. The predicted octanol–water partition coefficient (Wildman–Crippen LogP) is 5.17. The number of anilines is 2. The molecule has 0 unspecified atom stereocenters. The average Bonchev–Trinajstić information content (AvgIpc) is 3.34. The number of benzene rings is 3. The molecular formula is C26H26ClN3O2. The highest BCUT2D eigenvalue weighted by Crippen LogP contribution is 2.28. The number of nitrogens with one attached hydrogen (secondary N) is 2. The van der Waals surface area contributed by atoms with Gasteiger partial charge in [0.15, 0.2) is 0 Å². The number of halogens is 1. The second-order valence-corrected chi connectivity index (χ2v) is 8.32. The molecule has 0 spiro atoms. The number of nitrogens with zero attached hydrogens (tertiary/aromatic N) is 1. The van der Waals surface area contributed by atoms with Crippen molar-refractivity contribution in [3.63, 3.8) is 0 Å². The normalized spacial score (nSPS) is 13.1. The fourth-order valence-electron chi connectivity index (χ4n) is 3.92. The van der Waals surface area contributed by atoms with Crippen LogP contribution in [0.25, 0.3) is 0 Å². The highest BCUT2D eigenvalue weighted by Gasteiger charge is 2.20. The molecule has 0 atom stereocenters.